The summed E-state index contributed by atoms with van der Waals surface area (Å²) in [5.74, 6) is -0.223. The van der Waals surface area contributed by atoms with Gasteiger partial charge in [0.1, 0.15) is 5.69 Å². The first-order chi connectivity index (χ1) is 6.65. The first-order valence-electron chi connectivity index (χ1n) is 4.23. The molecule has 5 nitrogen and oxygen atoms in total. The van der Waals surface area contributed by atoms with Gasteiger partial charge in [0.05, 0.1) is 18.5 Å². The van der Waals surface area contributed by atoms with Crippen molar-refractivity contribution < 1.29 is 9.90 Å². The monoisotopic (exact) mass is 195 g/mol. The highest BCUT2D eigenvalue weighted by Crippen LogP contribution is 2.03. The van der Waals surface area contributed by atoms with Gasteiger partial charge in [0, 0.05) is 13.6 Å². The fraction of sp³-hybridized carbons (Fsp3) is 0.333. The molecule has 0 fully saturated rings. The van der Waals surface area contributed by atoms with Gasteiger partial charge in [-0.1, -0.05) is 0 Å². The second kappa shape index (κ2) is 4.57. The van der Waals surface area contributed by atoms with E-state index in [1.165, 1.54) is 11.1 Å². The van der Waals surface area contributed by atoms with Crippen LogP contribution in [0.2, 0.25) is 0 Å². The Bertz CT molecular complexity index is 310. The first-order valence-corrected chi connectivity index (χ1v) is 4.23. The fourth-order valence-electron chi connectivity index (χ4n) is 0.979. The van der Waals surface area contributed by atoms with Crippen molar-refractivity contribution in [3.05, 3.63) is 24.0 Å². The number of pyridine rings is 1. The number of amides is 1. The van der Waals surface area contributed by atoms with Crippen molar-refractivity contribution in [2.24, 2.45) is 0 Å². The molecular weight excluding hydrogens is 182 g/mol. The van der Waals surface area contributed by atoms with Crippen LogP contribution in [0, 0.1) is 0 Å². The first kappa shape index (κ1) is 10.5. The van der Waals surface area contributed by atoms with E-state index in [2.05, 4.69) is 4.98 Å². The molecular formula is C9H13N3O2. The molecule has 0 spiro atoms. The Kier molecular flexibility index (Phi) is 3.41. The van der Waals surface area contributed by atoms with Gasteiger partial charge >= 0.3 is 0 Å². The number of aliphatic hydroxyl groups is 1. The Morgan fingerprint density at radius 2 is 2.36 bits per heavy atom. The lowest BCUT2D eigenvalue weighted by atomic mass is 10.3. The highest BCUT2D eigenvalue weighted by Gasteiger charge is 2.11. The highest BCUT2D eigenvalue weighted by atomic mass is 16.3. The molecule has 0 aliphatic rings. The zero-order valence-corrected chi connectivity index (χ0v) is 7.97. The molecule has 0 radical (unpaired) electrons. The number of carbonyl (C=O) groups excluding carboxylic acids is 1. The van der Waals surface area contributed by atoms with E-state index in [0.29, 0.717) is 17.9 Å². The van der Waals surface area contributed by atoms with Gasteiger partial charge in [-0.25, -0.2) is 4.98 Å². The minimum Gasteiger partial charge on any atom is -0.397 e. The molecule has 0 unspecified atom stereocenters. The van der Waals surface area contributed by atoms with Gasteiger partial charge < -0.3 is 15.7 Å². The standard InChI is InChI=1S/C9H13N3O2/c1-12(4-5-13)9(14)8-3-2-7(10)6-11-8/h2-3,6,13H,4-5,10H2,1H3. The van der Waals surface area contributed by atoms with E-state index in [0.717, 1.165) is 0 Å². The molecule has 0 bridgehead atoms. The third-order valence-electron chi connectivity index (χ3n) is 1.79. The number of aliphatic hydroxyl groups excluding tert-OH is 1. The van der Waals surface area contributed by atoms with Crippen LogP contribution >= 0.6 is 0 Å². The maximum absolute atomic E-state index is 11.6. The molecule has 1 amide bonds. The number of nitrogen functional groups attached to an aromatic ring is 1. The third-order valence-corrected chi connectivity index (χ3v) is 1.79. The van der Waals surface area contributed by atoms with Crippen LogP contribution in [-0.2, 0) is 0 Å². The fourth-order valence-corrected chi connectivity index (χ4v) is 0.979. The average molecular weight is 195 g/mol. The molecule has 0 atom stereocenters. The number of rotatable bonds is 3. The van der Waals surface area contributed by atoms with Crippen molar-refractivity contribution in [3.63, 3.8) is 0 Å². The summed E-state index contributed by atoms with van der Waals surface area (Å²) in [5, 5.41) is 8.64. The molecule has 14 heavy (non-hydrogen) atoms. The number of nitrogens with zero attached hydrogens (tertiary/aromatic N) is 2. The Hall–Kier alpha value is -1.62. The van der Waals surface area contributed by atoms with Crippen LogP contribution in [0.4, 0.5) is 5.69 Å². The van der Waals surface area contributed by atoms with Gasteiger partial charge in [0.15, 0.2) is 0 Å². The number of aromatic nitrogens is 1. The number of carbonyl (C=O) groups is 1. The molecule has 5 heteroatoms. The number of hydrogen-bond acceptors (Lipinski definition) is 4. The van der Waals surface area contributed by atoms with E-state index in [4.69, 9.17) is 10.8 Å². The van der Waals surface area contributed by atoms with Gasteiger partial charge in [-0.3, -0.25) is 4.79 Å². The minimum atomic E-state index is -0.223. The van der Waals surface area contributed by atoms with Crippen LogP contribution < -0.4 is 5.73 Å². The molecule has 3 N–H and O–H groups in total. The molecule has 1 rings (SSSR count). The Balaban J connectivity index is 2.74. The molecule has 0 aliphatic carbocycles. The summed E-state index contributed by atoms with van der Waals surface area (Å²) in [7, 11) is 1.61. The molecule has 0 saturated carbocycles. The molecule has 0 aliphatic heterocycles. The maximum atomic E-state index is 11.6. The van der Waals surface area contributed by atoms with Crippen LogP contribution in [0.25, 0.3) is 0 Å². The van der Waals surface area contributed by atoms with Crippen molar-refractivity contribution in [1.29, 1.82) is 0 Å². The van der Waals surface area contributed by atoms with Gasteiger partial charge in [-0.2, -0.15) is 0 Å². The number of hydrogen-bond donors (Lipinski definition) is 2. The summed E-state index contributed by atoms with van der Waals surface area (Å²) < 4.78 is 0. The van der Waals surface area contributed by atoms with Crippen molar-refractivity contribution >= 4 is 11.6 Å². The summed E-state index contributed by atoms with van der Waals surface area (Å²) in [6.45, 7) is 0.238. The zero-order valence-electron chi connectivity index (χ0n) is 7.97. The van der Waals surface area contributed by atoms with Crippen LogP contribution in [0.3, 0.4) is 0 Å². The van der Waals surface area contributed by atoms with Gasteiger partial charge in [0.25, 0.3) is 5.91 Å². The molecule has 0 aromatic carbocycles. The van der Waals surface area contributed by atoms with Gasteiger partial charge in [-0.05, 0) is 12.1 Å². The molecule has 1 aromatic rings. The van der Waals surface area contributed by atoms with Crippen molar-refractivity contribution in [1.82, 2.24) is 9.88 Å². The predicted octanol–water partition coefficient (Wildman–Crippen LogP) is -0.272. The van der Waals surface area contributed by atoms with Crippen LogP contribution in [0.5, 0.6) is 0 Å². The van der Waals surface area contributed by atoms with Gasteiger partial charge in [0.2, 0.25) is 0 Å². The Morgan fingerprint density at radius 3 is 2.86 bits per heavy atom. The third kappa shape index (κ3) is 2.43. The number of likely N-dealkylation sites (N-methyl/N-ethyl adjacent to an activating group) is 1. The van der Waals surface area contributed by atoms with E-state index in [1.54, 1.807) is 19.2 Å². The molecule has 76 valence electrons. The van der Waals surface area contributed by atoms with E-state index in [1.807, 2.05) is 0 Å². The summed E-state index contributed by atoms with van der Waals surface area (Å²) in [4.78, 5) is 16.8. The quantitative estimate of drug-likeness (QED) is 0.695. The smallest absolute Gasteiger partial charge is 0.272 e. The maximum Gasteiger partial charge on any atom is 0.272 e. The van der Waals surface area contributed by atoms with Crippen molar-refractivity contribution in [2.45, 2.75) is 0 Å². The number of anilines is 1. The van der Waals surface area contributed by atoms with Crippen molar-refractivity contribution in [2.75, 3.05) is 25.9 Å². The van der Waals surface area contributed by atoms with E-state index in [9.17, 15) is 4.79 Å². The predicted molar refractivity (Wildman–Crippen MR) is 52.7 cm³/mol. The lowest BCUT2D eigenvalue weighted by Crippen LogP contribution is -2.30. The van der Waals surface area contributed by atoms with Crippen LogP contribution in [-0.4, -0.2) is 41.1 Å². The van der Waals surface area contributed by atoms with E-state index in [-0.39, 0.29) is 12.5 Å². The average Bonchev–Trinajstić information content (AvgIpc) is 2.18. The molecule has 1 heterocycles. The lowest BCUT2D eigenvalue weighted by molar-refractivity contribution is 0.0761. The summed E-state index contributed by atoms with van der Waals surface area (Å²) >= 11 is 0. The Morgan fingerprint density at radius 1 is 1.64 bits per heavy atom. The van der Waals surface area contributed by atoms with E-state index >= 15 is 0 Å². The van der Waals surface area contributed by atoms with Crippen molar-refractivity contribution in [3.8, 4) is 0 Å². The topological polar surface area (TPSA) is 79.5 Å². The van der Waals surface area contributed by atoms with E-state index < -0.39 is 0 Å². The minimum absolute atomic E-state index is 0.0583. The SMILES string of the molecule is CN(CCO)C(=O)c1ccc(N)cn1. The molecule has 1 aromatic heterocycles. The largest absolute Gasteiger partial charge is 0.397 e. The molecule has 0 saturated heterocycles. The summed E-state index contributed by atoms with van der Waals surface area (Å²) in [6, 6.07) is 3.18. The summed E-state index contributed by atoms with van der Waals surface area (Å²) in [6.07, 6.45) is 1.43. The Labute approximate surface area is 82.2 Å². The second-order valence-corrected chi connectivity index (χ2v) is 2.93. The summed E-state index contributed by atoms with van der Waals surface area (Å²) in [5.41, 5.74) is 6.28. The van der Waals surface area contributed by atoms with Gasteiger partial charge in [-0.15, -0.1) is 0 Å². The highest BCUT2D eigenvalue weighted by molar-refractivity contribution is 5.92. The van der Waals surface area contributed by atoms with Crippen LogP contribution in [0.1, 0.15) is 10.5 Å². The second-order valence-electron chi connectivity index (χ2n) is 2.93. The zero-order chi connectivity index (χ0) is 10.6. The van der Waals surface area contributed by atoms with Crippen LogP contribution in [0.15, 0.2) is 18.3 Å². The number of nitrogens with two attached hydrogens (primary N) is 1. The normalized spacial score (nSPS) is 9.86. The lowest BCUT2D eigenvalue weighted by Gasteiger charge is -2.14.